The van der Waals surface area contributed by atoms with E-state index in [9.17, 15) is 19.8 Å². The Kier molecular flexibility index (Phi) is 3.78. The van der Waals surface area contributed by atoms with Crippen LogP contribution in [-0.2, 0) is 0 Å². The molecule has 1 aromatic rings. The van der Waals surface area contributed by atoms with Gasteiger partial charge in [-0.05, 0) is 13.0 Å². The normalized spacial score (nSPS) is 14.9. The molecule has 1 aromatic heterocycles. The summed E-state index contributed by atoms with van der Waals surface area (Å²) >= 11 is 0. The van der Waals surface area contributed by atoms with Crippen molar-refractivity contribution in [3.05, 3.63) is 32.3 Å². The highest BCUT2D eigenvalue weighted by molar-refractivity contribution is 5.11. The first-order valence-corrected chi connectivity index (χ1v) is 4.44. The number of hydrogen-bond acceptors (Lipinski definition) is 5. The molecule has 0 aliphatic rings. The Hall–Kier alpha value is -1.44. The first-order valence-electron chi connectivity index (χ1n) is 4.44. The number of hydrogen-bond donors (Lipinski definition) is 5. The highest BCUT2D eigenvalue weighted by Crippen LogP contribution is 2.13. The fraction of sp³-hybridized carbons (Fsp3) is 0.500. The van der Waals surface area contributed by atoms with Crippen LogP contribution in [0.5, 0.6) is 0 Å². The van der Waals surface area contributed by atoms with Gasteiger partial charge in [-0.1, -0.05) is 0 Å². The van der Waals surface area contributed by atoms with Crippen LogP contribution >= 0.6 is 0 Å². The molecule has 0 aromatic carbocycles. The number of nitrogens with two attached hydrogens (primary N) is 1. The molecule has 2 unspecified atom stereocenters. The first-order chi connectivity index (χ1) is 7.06. The molecule has 84 valence electrons. The van der Waals surface area contributed by atoms with Crippen molar-refractivity contribution in [3.63, 3.8) is 0 Å². The third-order valence-corrected chi connectivity index (χ3v) is 1.99. The minimum absolute atomic E-state index is 0.146. The van der Waals surface area contributed by atoms with Gasteiger partial charge in [0.25, 0.3) is 11.1 Å². The molecule has 15 heavy (non-hydrogen) atoms. The van der Waals surface area contributed by atoms with Crippen molar-refractivity contribution in [2.24, 2.45) is 5.73 Å². The maximum atomic E-state index is 11.2. The lowest BCUT2D eigenvalue weighted by Gasteiger charge is -2.15. The SMILES string of the molecule is NCCC(O)C(O)c1cc(=O)[nH][nH]c1=O. The Balaban J connectivity index is 3.00. The lowest BCUT2D eigenvalue weighted by atomic mass is 10.0. The van der Waals surface area contributed by atoms with Gasteiger partial charge < -0.3 is 15.9 Å². The minimum Gasteiger partial charge on any atom is -0.390 e. The molecule has 0 fully saturated rings. The molecule has 0 amide bonds. The second kappa shape index (κ2) is 4.87. The molecule has 0 saturated heterocycles. The lowest BCUT2D eigenvalue weighted by molar-refractivity contribution is 0.0140. The third kappa shape index (κ3) is 2.75. The topological polar surface area (TPSA) is 132 Å². The van der Waals surface area contributed by atoms with Crippen molar-refractivity contribution in [1.82, 2.24) is 10.2 Å². The van der Waals surface area contributed by atoms with Gasteiger partial charge in [0.2, 0.25) is 0 Å². The second-order valence-corrected chi connectivity index (χ2v) is 3.13. The summed E-state index contributed by atoms with van der Waals surface area (Å²) in [7, 11) is 0. The maximum Gasteiger partial charge on any atom is 0.268 e. The predicted molar refractivity (Wildman–Crippen MR) is 52.3 cm³/mol. The summed E-state index contributed by atoms with van der Waals surface area (Å²) in [6, 6.07) is 0.948. The monoisotopic (exact) mass is 215 g/mol. The molecule has 1 heterocycles. The summed E-state index contributed by atoms with van der Waals surface area (Å²) in [6.07, 6.45) is -2.41. The van der Waals surface area contributed by atoms with E-state index >= 15 is 0 Å². The van der Waals surface area contributed by atoms with Gasteiger partial charge in [0, 0.05) is 6.07 Å². The van der Waals surface area contributed by atoms with Gasteiger partial charge in [-0.2, -0.15) is 0 Å². The van der Waals surface area contributed by atoms with Crippen LogP contribution in [0.25, 0.3) is 0 Å². The van der Waals surface area contributed by atoms with E-state index in [-0.39, 0.29) is 18.5 Å². The van der Waals surface area contributed by atoms with Gasteiger partial charge in [-0.25, -0.2) is 0 Å². The molecule has 7 nitrogen and oxygen atoms in total. The Morgan fingerprint density at radius 3 is 2.60 bits per heavy atom. The zero-order valence-electron chi connectivity index (χ0n) is 7.93. The Morgan fingerprint density at radius 2 is 2.00 bits per heavy atom. The number of aliphatic hydroxyl groups excluding tert-OH is 2. The summed E-state index contributed by atoms with van der Waals surface area (Å²) in [6.45, 7) is 0.180. The average molecular weight is 215 g/mol. The maximum absolute atomic E-state index is 11.2. The minimum atomic E-state index is -1.40. The van der Waals surface area contributed by atoms with Crippen LogP contribution in [0.3, 0.4) is 0 Å². The van der Waals surface area contributed by atoms with Crippen molar-refractivity contribution >= 4 is 0 Å². The third-order valence-electron chi connectivity index (χ3n) is 1.99. The van der Waals surface area contributed by atoms with Gasteiger partial charge in [-0.3, -0.25) is 19.8 Å². The Morgan fingerprint density at radius 1 is 1.33 bits per heavy atom. The molecule has 0 bridgehead atoms. The van der Waals surface area contributed by atoms with E-state index in [1.165, 1.54) is 0 Å². The van der Waals surface area contributed by atoms with Crippen LogP contribution in [-0.4, -0.2) is 33.1 Å². The Labute approximate surface area is 84.6 Å². The number of H-pyrrole nitrogens is 2. The number of aromatic nitrogens is 2. The highest BCUT2D eigenvalue weighted by atomic mass is 16.3. The van der Waals surface area contributed by atoms with Crippen molar-refractivity contribution in [1.29, 1.82) is 0 Å². The molecule has 0 aliphatic heterocycles. The second-order valence-electron chi connectivity index (χ2n) is 3.13. The fourth-order valence-corrected chi connectivity index (χ4v) is 1.19. The van der Waals surface area contributed by atoms with Gasteiger partial charge in [0.15, 0.2) is 0 Å². The van der Waals surface area contributed by atoms with Crippen LogP contribution in [0.4, 0.5) is 0 Å². The zero-order chi connectivity index (χ0) is 11.4. The van der Waals surface area contributed by atoms with Gasteiger partial charge in [0.05, 0.1) is 11.7 Å². The molecule has 0 aliphatic carbocycles. The lowest BCUT2D eigenvalue weighted by Crippen LogP contribution is -2.30. The summed E-state index contributed by atoms with van der Waals surface area (Å²) in [5.74, 6) is 0. The van der Waals surface area contributed by atoms with Crippen LogP contribution < -0.4 is 16.9 Å². The van der Waals surface area contributed by atoms with Crippen LogP contribution in [0, 0.1) is 0 Å². The molecule has 2 atom stereocenters. The molecule has 0 saturated carbocycles. The molecule has 1 rings (SSSR count). The van der Waals surface area contributed by atoms with Crippen molar-refractivity contribution in [3.8, 4) is 0 Å². The molecule has 0 radical (unpaired) electrons. The fourth-order valence-electron chi connectivity index (χ4n) is 1.19. The number of nitrogens with one attached hydrogen (secondary N) is 2. The largest absolute Gasteiger partial charge is 0.390 e. The van der Waals surface area contributed by atoms with E-state index in [0.29, 0.717) is 0 Å². The number of rotatable bonds is 4. The van der Waals surface area contributed by atoms with Crippen LogP contribution in [0.1, 0.15) is 18.1 Å². The molecular weight excluding hydrogens is 202 g/mol. The number of aromatic amines is 2. The zero-order valence-corrected chi connectivity index (χ0v) is 7.93. The highest BCUT2D eigenvalue weighted by Gasteiger charge is 2.20. The van der Waals surface area contributed by atoms with E-state index in [1.807, 2.05) is 0 Å². The summed E-state index contributed by atoms with van der Waals surface area (Å²) in [4.78, 5) is 22.1. The van der Waals surface area contributed by atoms with Crippen LogP contribution in [0.15, 0.2) is 15.7 Å². The van der Waals surface area contributed by atoms with Gasteiger partial charge in [-0.15, -0.1) is 0 Å². The number of aliphatic hydroxyl groups is 2. The predicted octanol–water partition coefficient (Wildman–Crippen LogP) is -2.19. The summed E-state index contributed by atoms with van der Waals surface area (Å²) in [5, 5.41) is 23.0. The van der Waals surface area contributed by atoms with E-state index in [0.717, 1.165) is 6.07 Å². The van der Waals surface area contributed by atoms with E-state index in [2.05, 4.69) is 10.2 Å². The smallest absolute Gasteiger partial charge is 0.268 e. The van der Waals surface area contributed by atoms with E-state index in [4.69, 9.17) is 5.73 Å². The molecular formula is C8H13N3O4. The molecule has 6 N–H and O–H groups in total. The summed E-state index contributed by atoms with van der Waals surface area (Å²) < 4.78 is 0. The Bertz CT molecular complexity index is 424. The standard InChI is InChI=1S/C8H13N3O4/c9-2-1-5(12)7(14)4-3-6(13)10-11-8(4)15/h3,5,7,12,14H,1-2,9H2,(H,10,13)(H,11,15). The van der Waals surface area contributed by atoms with Crippen LogP contribution in [0.2, 0.25) is 0 Å². The summed E-state index contributed by atoms with van der Waals surface area (Å²) in [5.41, 5.74) is 3.83. The molecule has 0 spiro atoms. The van der Waals surface area contributed by atoms with Crippen molar-refractivity contribution in [2.75, 3.05) is 6.54 Å². The van der Waals surface area contributed by atoms with Crippen molar-refractivity contribution < 1.29 is 10.2 Å². The quantitative estimate of drug-likeness (QED) is 0.389. The van der Waals surface area contributed by atoms with Crippen molar-refractivity contribution in [2.45, 2.75) is 18.6 Å². The van der Waals surface area contributed by atoms with Gasteiger partial charge in [0.1, 0.15) is 6.10 Å². The first kappa shape index (κ1) is 11.6. The van der Waals surface area contributed by atoms with Gasteiger partial charge >= 0.3 is 0 Å². The molecule has 7 heteroatoms. The average Bonchev–Trinajstić information content (AvgIpc) is 2.21. The van der Waals surface area contributed by atoms with E-state index < -0.39 is 23.3 Å². The van der Waals surface area contributed by atoms with E-state index in [1.54, 1.807) is 0 Å².